The third kappa shape index (κ3) is 3.72. The molecule has 0 N–H and O–H groups in total. The zero-order chi connectivity index (χ0) is 13.9. The fourth-order valence-corrected chi connectivity index (χ4v) is 1.73. The highest BCUT2D eigenvalue weighted by molar-refractivity contribution is 5.90. The van der Waals surface area contributed by atoms with Crippen molar-refractivity contribution in [2.45, 2.75) is 45.3 Å². The molecule has 0 aromatic heterocycles. The molecule has 102 valence electrons. The number of likely N-dealkylation sites (tertiary alicyclic amines) is 1. The summed E-state index contributed by atoms with van der Waals surface area (Å²) >= 11 is 0. The van der Waals surface area contributed by atoms with E-state index < -0.39 is 23.7 Å². The maximum Gasteiger partial charge on any atom is 0.411 e. The van der Waals surface area contributed by atoms with Gasteiger partial charge in [0, 0.05) is 6.42 Å². The van der Waals surface area contributed by atoms with Crippen LogP contribution < -0.4 is 0 Å². The third-order valence-electron chi connectivity index (χ3n) is 2.52. The Labute approximate surface area is 106 Å². The van der Waals surface area contributed by atoms with Gasteiger partial charge in [-0.05, 0) is 27.2 Å². The van der Waals surface area contributed by atoms with Crippen molar-refractivity contribution >= 4 is 17.8 Å². The van der Waals surface area contributed by atoms with Crippen LogP contribution in [0.25, 0.3) is 0 Å². The van der Waals surface area contributed by atoms with Gasteiger partial charge in [0.25, 0.3) is 0 Å². The Hall–Kier alpha value is -1.59. The van der Waals surface area contributed by atoms with Gasteiger partial charge in [0.1, 0.15) is 11.6 Å². The summed E-state index contributed by atoms with van der Waals surface area (Å²) in [7, 11) is 1.26. The maximum absolute atomic E-state index is 11.9. The molecule has 1 heterocycles. The van der Waals surface area contributed by atoms with Crippen molar-refractivity contribution in [1.29, 1.82) is 0 Å². The fourth-order valence-electron chi connectivity index (χ4n) is 1.73. The Bertz CT molecular complexity index is 358. The van der Waals surface area contributed by atoms with Crippen LogP contribution in [-0.2, 0) is 19.1 Å². The number of carbonyl (C=O) groups excluding carboxylic acids is 3. The van der Waals surface area contributed by atoms with Gasteiger partial charge in [-0.2, -0.15) is 0 Å². The summed E-state index contributed by atoms with van der Waals surface area (Å²) in [5.74, 6) is -0.602. The lowest BCUT2D eigenvalue weighted by molar-refractivity contribution is -0.149. The molecule has 0 saturated carbocycles. The molecule has 1 aliphatic heterocycles. The zero-order valence-corrected chi connectivity index (χ0v) is 11.2. The zero-order valence-electron chi connectivity index (χ0n) is 11.2. The van der Waals surface area contributed by atoms with Crippen molar-refractivity contribution in [3.8, 4) is 0 Å². The number of Topliss-reactive ketones (excluding diaryl/α,β-unsaturated/α-hetero) is 1. The van der Waals surface area contributed by atoms with Crippen LogP contribution in [0, 0.1) is 0 Å². The summed E-state index contributed by atoms with van der Waals surface area (Å²) in [6.45, 7) is 5.08. The molecule has 6 heteroatoms. The first-order valence-electron chi connectivity index (χ1n) is 5.84. The molecule has 0 aromatic carbocycles. The summed E-state index contributed by atoms with van der Waals surface area (Å²) in [6, 6.07) is -0.734. The number of ether oxygens (including phenoxy) is 2. The van der Waals surface area contributed by atoms with E-state index in [1.165, 1.54) is 7.11 Å². The monoisotopic (exact) mass is 257 g/mol. The van der Waals surface area contributed by atoms with Gasteiger partial charge in [-0.3, -0.25) is 9.69 Å². The van der Waals surface area contributed by atoms with Crippen molar-refractivity contribution in [2.24, 2.45) is 0 Å². The Kier molecular flexibility index (Phi) is 4.32. The topological polar surface area (TPSA) is 72.9 Å². The van der Waals surface area contributed by atoms with Gasteiger partial charge in [-0.1, -0.05) is 0 Å². The molecule has 1 saturated heterocycles. The number of nitrogens with zero attached hydrogens (tertiary/aromatic N) is 1. The van der Waals surface area contributed by atoms with Gasteiger partial charge in [0.05, 0.1) is 13.7 Å². The second-order valence-corrected chi connectivity index (χ2v) is 5.22. The quantitative estimate of drug-likeness (QED) is 0.658. The van der Waals surface area contributed by atoms with E-state index in [0.717, 1.165) is 4.90 Å². The van der Waals surface area contributed by atoms with Gasteiger partial charge < -0.3 is 9.47 Å². The molecule has 0 bridgehead atoms. The smallest absolute Gasteiger partial charge is 0.411 e. The lowest BCUT2D eigenvalue weighted by Gasteiger charge is -2.34. The van der Waals surface area contributed by atoms with Gasteiger partial charge in [0.15, 0.2) is 5.78 Å². The van der Waals surface area contributed by atoms with Crippen LogP contribution in [0.5, 0.6) is 0 Å². The van der Waals surface area contributed by atoms with E-state index >= 15 is 0 Å². The normalized spacial score (nSPS) is 20.6. The minimum absolute atomic E-state index is 0.0824. The van der Waals surface area contributed by atoms with E-state index in [9.17, 15) is 14.4 Å². The Morgan fingerprint density at radius 2 is 1.94 bits per heavy atom. The number of methoxy groups -OCH3 is 1. The summed E-state index contributed by atoms with van der Waals surface area (Å²) in [6.07, 6.45) is -0.102. The average Bonchev–Trinajstić information content (AvgIpc) is 2.25. The molecule has 0 aliphatic carbocycles. The van der Waals surface area contributed by atoms with Gasteiger partial charge >= 0.3 is 12.1 Å². The third-order valence-corrected chi connectivity index (χ3v) is 2.52. The second-order valence-electron chi connectivity index (χ2n) is 5.22. The number of ketones is 1. The van der Waals surface area contributed by atoms with Crippen molar-refractivity contribution in [3.63, 3.8) is 0 Å². The maximum atomic E-state index is 11.9. The predicted octanol–water partition coefficient (Wildman–Crippen LogP) is 1.13. The molecule has 1 aliphatic rings. The molecular weight excluding hydrogens is 238 g/mol. The Balaban J connectivity index is 2.82. The van der Waals surface area contributed by atoms with E-state index in [4.69, 9.17) is 4.74 Å². The standard InChI is InChI=1S/C12H19NO5/c1-12(2,3)18-11(16)13-7-8(14)5-6-9(13)10(15)17-4/h9H,5-7H2,1-4H3. The SMILES string of the molecule is COC(=O)C1CCC(=O)CN1C(=O)OC(C)(C)C. The summed E-state index contributed by atoms with van der Waals surface area (Å²) < 4.78 is 9.81. The van der Waals surface area contributed by atoms with Crippen LogP contribution in [-0.4, -0.2) is 48.0 Å². The van der Waals surface area contributed by atoms with Crippen LogP contribution in [0.4, 0.5) is 4.79 Å². The van der Waals surface area contributed by atoms with Gasteiger partial charge in [0.2, 0.25) is 0 Å². The molecule has 1 rings (SSSR count). The number of amides is 1. The highest BCUT2D eigenvalue weighted by Crippen LogP contribution is 2.19. The van der Waals surface area contributed by atoms with E-state index in [1.807, 2.05) is 0 Å². The molecule has 0 aromatic rings. The van der Waals surface area contributed by atoms with E-state index in [1.54, 1.807) is 20.8 Å². The number of hydrogen-bond donors (Lipinski definition) is 0. The van der Waals surface area contributed by atoms with E-state index in [-0.39, 0.29) is 25.2 Å². The first-order chi connectivity index (χ1) is 8.24. The van der Waals surface area contributed by atoms with Crippen LogP contribution in [0.15, 0.2) is 0 Å². The largest absolute Gasteiger partial charge is 0.467 e. The van der Waals surface area contributed by atoms with E-state index in [0.29, 0.717) is 0 Å². The van der Waals surface area contributed by atoms with Crippen molar-refractivity contribution in [2.75, 3.05) is 13.7 Å². The highest BCUT2D eigenvalue weighted by atomic mass is 16.6. The molecule has 6 nitrogen and oxygen atoms in total. The number of piperidine rings is 1. The Morgan fingerprint density at radius 3 is 2.44 bits per heavy atom. The average molecular weight is 257 g/mol. The fraction of sp³-hybridized carbons (Fsp3) is 0.750. The first kappa shape index (κ1) is 14.5. The van der Waals surface area contributed by atoms with Crippen LogP contribution in [0.1, 0.15) is 33.6 Å². The number of hydrogen-bond acceptors (Lipinski definition) is 5. The lowest BCUT2D eigenvalue weighted by atomic mass is 10.0. The molecule has 0 spiro atoms. The second kappa shape index (κ2) is 5.37. The van der Waals surface area contributed by atoms with Crippen molar-refractivity contribution < 1.29 is 23.9 Å². The van der Waals surface area contributed by atoms with Crippen molar-refractivity contribution in [1.82, 2.24) is 4.90 Å². The molecule has 0 radical (unpaired) electrons. The molecule has 1 unspecified atom stereocenters. The minimum atomic E-state index is -0.734. The molecule has 1 atom stereocenters. The number of rotatable bonds is 1. The van der Waals surface area contributed by atoms with Crippen LogP contribution in [0.2, 0.25) is 0 Å². The van der Waals surface area contributed by atoms with Crippen LogP contribution >= 0.6 is 0 Å². The summed E-state index contributed by atoms with van der Waals surface area (Å²) in [5.41, 5.74) is -0.668. The molecule has 18 heavy (non-hydrogen) atoms. The van der Waals surface area contributed by atoms with Crippen molar-refractivity contribution in [3.05, 3.63) is 0 Å². The number of esters is 1. The summed E-state index contributed by atoms with van der Waals surface area (Å²) in [4.78, 5) is 36.0. The minimum Gasteiger partial charge on any atom is -0.467 e. The molecular formula is C12H19NO5. The molecule has 1 fully saturated rings. The van der Waals surface area contributed by atoms with Gasteiger partial charge in [-0.15, -0.1) is 0 Å². The lowest BCUT2D eigenvalue weighted by Crippen LogP contribution is -2.52. The highest BCUT2D eigenvalue weighted by Gasteiger charge is 2.38. The van der Waals surface area contributed by atoms with E-state index in [2.05, 4.69) is 4.74 Å². The van der Waals surface area contributed by atoms with Crippen LogP contribution in [0.3, 0.4) is 0 Å². The van der Waals surface area contributed by atoms with Gasteiger partial charge in [-0.25, -0.2) is 9.59 Å². The Morgan fingerprint density at radius 1 is 1.33 bits per heavy atom. The predicted molar refractivity (Wildman–Crippen MR) is 63.0 cm³/mol. The number of carbonyl (C=O) groups is 3. The molecule has 1 amide bonds. The summed E-state index contributed by atoms with van der Waals surface area (Å²) in [5, 5.41) is 0. The first-order valence-corrected chi connectivity index (χ1v) is 5.84.